The van der Waals surface area contributed by atoms with Crippen molar-refractivity contribution in [2.75, 3.05) is 0 Å². The van der Waals surface area contributed by atoms with Crippen LogP contribution in [-0.4, -0.2) is 14.2 Å². The first-order chi connectivity index (χ1) is 9.92. The van der Waals surface area contributed by atoms with Crippen LogP contribution in [0.3, 0.4) is 0 Å². The number of carbonyl (C=O) groups excluding carboxylic acids is 1. The van der Waals surface area contributed by atoms with Crippen molar-refractivity contribution in [2.24, 2.45) is 0 Å². The Morgan fingerprint density at radius 1 is 1.14 bits per heavy atom. The minimum Gasteiger partial charge on any atom is -0.294 e. The quantitative estimate of drug-likeness (QED) is 0.740. The fraction of sp³-hybridized carbons (Fsp3) is 0.188. The van der Waals surface area contributed by atoms with Crippen LogP contribution in [-0.2, 0) is 15.6 Å². The average molecular weight is 369 g/mol. The summed E-state index contributed by atoms with van der Waals surface area (Å²) < 4.78 is 25.8. The maximum Gasteiger partial charge on any atom is 0.182 e. The molecule has 0 fully saturated rings. The topological polar surface area (TPSA) is 51.2 Å². The second kappa shape index (κ2) is 6.54. The van der Waals surface area contributed by atoms with Gasteiger partial charge in [-0.25, -0.2) is 8.42 Å². The fourth-order valence-electron chi connectivity index (χ4n) is 1.95. The normalized spacial score (nSPS) is 11.3. The zero-order chi connectivity index (χ0) is 15.5. The third kappa shape index (κ3) is 4.02. The number of hydrogen-bond donors (Lipinski definition) is 0. The molecule has 0 heterocycles. The molecule has 112 valence electrons. The number of halogens is 1. The smallest absolute Gasteiger partial charge is 0.182 e. The Hall–Kier alpha value is -1.46. The summed E-state index contributed by atoms with van der Waals surface area (Å²) >= 11 is 3.32. The first-order valence-electron chi connectivity index (χ1n) is 6.53. The van der Waals surface area contributed by atoms with Gasteiger partial charge in [-0.2, -0.15) is 0 Å². The standard InChI is InChI=1S/C16H15BrO3S.H2/c1-2-16(18)13-4-3-5-15(10-13)21(19,20)11-12-6-8-14(17)9-7-12;/h3-10H,2,11H2,1H3;1H. The number of rotatable bonds is 5. The molecule has 0 saturated heterocycles. The molecule has 3 nitrogen and oxygen atoms in total. The maximum absolute atomic E-state index is 12.4. The maximum atomic E-state index is 12.4. The van der Waals surface area contributed by atoms with E-state index in [0.29, 0.717) is 17.5 Å². The third-order valence-electron chi connectivity index (χ3n) is 3.11. The molecule has 0 spiro atoms. The number of carbonyl (C=O) groups is 1. The van der Waals surface area contributed by atoms with E-state index in [0.717, 1.165) is 4.47 Å². The van der Waals surface area contributed by atoms with Crippen molar-refractivity contribution < 1.29 is 14.6 Å². The monoisotopic (exact) mass is 368 g/mol. The highest BCUT2D eigenvalue weighted by Gasteiger charge is 2.17. The average Bonchev–Trinajstić information content (AvgIpc) is 2.49. The van der Waals surface area contributed by atoms with E-state index in [2.05, 4.69) is 15.9 Å². The number of hydrogen-bond acceptors (Lipinski definition) is 3. The van der Waals surface area contributed by atoms with Crippen molar-refractivity contribution >= 4 is 31.6 Å². The summed E-state index contributed by atoms with van der Waals surface area (Å²) in [5, 5.41) is 0. The molecule has 2 aromatic carbocycles. The molecule has 0 aliphatic heterocycles. The summed E-state index contributed by atoms with van der Waals surface area (Å²) in [6.45, 7) is 1.76. The van der Waals surface area contributed by atoms with E-state index in [-0.39, 0.29) is 17.9 Å². The van der Waals surface area contributed by atoms with Crippen LogP contribution in [0.15, 0.2) is 57.9 Å². The van der Waals surface area contributed by atoms with Crippen molar-refractivity contribution in [3.05, 3.63) is 64.1 Å². The molecule has 0 atom stereocenters. The van der Waals surface area contributed by atoms with Gasteiger partial charge < -0.3 is 0 Å². The van der Waals surface area contributed by atoms with Crippen LogP contribution in [0.2, 0.25) is 0 Å². The van der Waals surface area contributed by atoms with Crippen LogP contribution >= 0.6 is 15.9 Å². The summed E-state index contributed by atoms with van der Waals surface area (Å²) in [6, 6.07) is 13.4. The molecule has 0 saturated carbocycles. The Balaban J connectivity index is 0.00000242. The zero-order valence-electron chi connectivity index (χ0n) is 11.5. The van der Waals surface area contributed by atoms with Gasteiger partial charge in [0.15, 0.2) is 15.6 Å². The van der Waals surface area contributed by atoms with E-state index in [9.17, 15) is 13.2 Å². The van der Waals surface area contributed by atoms with Crippen molar-refractivity contribution in [1.29, 1.82) is 0 Å². The minimum atomic E-state index is -3.46. The molecule has 0 aliphatic rings. The van der Waals surface area contributed by atoms with Gasteiger partial charge in [-0.1, -0.05) is 47.1 Å². The molecule has 0 amide bonds. The third-order valence-corrected chi connectivity index (χ3v) is 5.32. The predicted molar refractivity (Wildman–Crippen MR) is 88.2 cm³/mol. The highest BCUT2D eigenvalue weighted by atomic mass is 79.9. The lowest BCUT2D eigenvalue weighted by molar-refractivity contribution is 0.0988. The largest absolute Gasteiger partial charge is 0.294 e. The molecule has 2 aromatic rings. The van der Waals surface area contributed by atoms with Gasteiger partial charge in [0.05, 0.1) is 10.6 Å². The molecule has 0 unspecified atom stereocenters. The SMILES string of the molecule is CCC(=O)c1cccc(S(=O)(=O)Cc2ccc(Br)cc2)c1.[HH]. The second-order valence-electron chi connectivity index (χ2n) is 4.69. The Labute approximate surface area is 134 Å². The number of ketones is 1. The minimum absolute atomic E-state index is 0. The first-order valence-corrected chi connectivity index (χ1v) is 8.97. The highest BCUT2D eigenvalue weighted by molar-refractivity contribution is 9.10. The molecule has 2 rings (SSSR count). The second-order valence-corrected chi connectivity index (χ2v) is 7.60. The van der Waals surface area contributed by atoms with Gasteiger partial charge in [-0.15, -0.1) is 0 Å². The Bertz CT molecular complexity index is 755. The van der Waals surface area contributed by atoms with E-state index in [1.165, 1.54) is 12.1 Å². The fourth-order valence-corrected chi connectivity index (χ4v) is 3.61. The lowest BCUT2D eigenvalue weighted by atomic mass is 10.1. The van der Waals surface area contributed by atoms with Crippen molar-refractivity contribution in [2.45, 2.75) is 24.0 Å². The predicted octanol–water partition coefficient (Wildman–Crippen LogP) is 4.26. The summed E-state index contributed by atoms with van der Waals surface area (Å²) in [4.78, 5) is 11.9. The Kier molecular flexibility index (Phi) is 4.96. The molecule has 0 N–H and O–H groups in total. The van der Waals surface area contributed by atoms with Crippen molar-refractivity contribution in [3.8, 4) is 0 Å². The molecular weight excluding hydrogens is 352 g/mol. The number of benzene rings is 2. The summed E-state index contributed by atoms with van der Waals surface area (Å²) in [5.41, 5.74) is 1.15. The summed E-state index contributed by atoms with van der Waals surface area (Å²) in [5.74, 6) is -0.139. The van der Waals surface area contributed by atoms with Crippen LogP contribution in [0, 0.1) is 0 Å². The first kappa shape index (κ1) is 15.9. The van der Waals surface area contributed by atoms with E-state index >= 15 is 0 Å². The molecule has 0 radical (unpaired) electrons. The molecular formula is C16H17BrO3S. The van der Waals surface area contributed by atoms with Gasteiger partial charge in [0.25, 0.3) is 0 Å². The van der Waals surface area contributed by atoms with E-state index in [1.54, 1.807) is 31.2 Å². The highest BCUT2D eigenvalue weighted by Crippen LogP contribution is 2.20. The molecule has 0 aromatic heterocycles. The van der Waals surface area contributed by atoms with E-state index in [1.807, 2.05) is 12.1 Å². The molecule has 5 heteroatoms. The van der Waals surface area contributed by atoms with Gasteiger partial charge in [0.2, 0.25) is 0 Å². The van der Waals surface area contributed by atoms with Crippen LogP contribution in [0.1, 0.15) is 30.7 Å². The lowest BCUT2D eigenvalue weighted by Crippen LogP contribution is -2.06. The van der Waals surface area contributed by atoms with Crippen LogP contribution < -0.4 is 0 Å². The van der Waals surface area contributed by atoms with Crippen molar-refractivity contribution in [1.82, 2.24) is 0 Å². The lowest BCUT2D eigenvalue weighted by Gasteiger charge is -2.06. The van der Waals surface area contributed by atoms with E-state index < -0.39 is 9.84 Å². The van der Waals surface area contributed by atoms with Crippen LogP contribution in [0.4, 0.5) is 0 Å². The van der Waals surface area contributed by atoms with Gasteiger partial charge in [-0.05, 0) is 29.8 Å². The number of sulfone groups is 1. The molecule has 0 bridgehead atoms. The Morgan fingerprint density at radius 3 is 2.43 bits per heavy atom. The zero-order valence-corrected chi connectivity index (χ0v) is 13.9. The van der Waals surface area contributed by atoms with Gasteiger partial charge in [0, 0.05) is 17.9 Å². The van der Waals surface area contributed by atoms with Crippen LogP contribution in [0.5, 0.6) is 0 Å². The Morgan fingerprint density at radius 2 is 1.81 bits per heavy atom. The van der Waals surface area contributed by atoms with Crippen molar-refractivity contribution in [3.63, 3.8) is 0 Å². The molecule has 0 aliphatic carbocycles. The summed E-state index contributed by atoms with van der Waals surface area (Å²) in [7, 11) is -3.46. The van der Waals surface area contributed by atoms with E-state index in [4.69, 9.17) is 0 Å². The van der Waals surface area contributed by atoms with Gasteiger partial charge in [-0.3, -0.25) is 4.79 Å². The van der Waals surface area contributed by atoms with Gasteiger partial charge in [0.1, 0.15) is 0 Å². The van der Waals surface area contributed by atoms with Crippen LogP contribution in [0.25, 0.3) is 0 Å². The summed E-state index contributed by atoms with van der Waals surface area (Å²) in [6.07, 6.45) is 0.357. The number of Topliss-reactive ketones (excluding diaryl/α,β-unsaturated/α-hetero) is 1. The molecule has 21 heavy (non-hydrogen) atoms. The van der Waals surface area contributed by atoms with Gasteiger partial charge >= 0.3 is 0 Å².